The second-order valence-corrected chi connectivity index (χ2v) is 5.59. The van der Waals surface area contributed by atoms with Gasteiger partial charge in [0.2, 0.25) is 5.44 Å². The Morgan fingerprint density at radius 1 is 1.60 bits per heavy atom. The Labute approximate surface area is 88.7 Å². The van der Waals surface area contributed by atoms with Crippen molar-refractivity contribution in [1.82, 2.24) is 15.2 Å². The van der Waals surface area contributed by atoms with Gasteiger partial charge in [0.1, 0.15) is 5.21 Å². The molecule has 0 spiro atoms. The van der Waals surface area contributed by atoms with E-state index in [0.29, 0.717) is 10.4 Å². The summed E-state index contributed by atoms with van der Waals surface area (Å²) in [5.74, 6) is 5.48. The lowest BCUT2D eigenvalue weighted by atomic mass is 11.0. The first kappa shape index (κ1) is 10.5. The van der Waals surface area contributed by atoms with Crippen LogP contribution in [-0.2, 0) is 13.6 Å². The average molecular weight is 250 g/mol. The van der Waals surface area contributed by atoms with Gasteiger partial charge in [-0.1, -0.05) is 15.9 Å². The Kier molecular flexibility index (Phi) is 2.47. The van der Waals surface area contributed by atoms with E-state index in [-0.39, 0.29) is 0 Å². The predicted molar refractivity (Wildman–Crippen MR) is 52.5 cm³/mol. The van der Waals surface area contributed by atoms with Crippen LogP contribution in [-0.4, -0.2) is 29.4 Å². The number of nitrogens with zero attached hydrogens (tertiary/aromatic N) is 4. The highest BCUT2D eigenvalue weighted by atomic mass is 32.1. The summed E-state index contributed by atoms with van der Waals surface area (Å²) >= 11 is 1.25. The highest BCUT2D eigenvalue weighted by Gasteiger charge is 2.34. The monoisotopic (exact) mass is 250 g/mol. The zero-order valence-corrected chi connectivity index (χ0v) is 9.73. The molecule has 0 unspecified atom stereocenters. The molecular formula is C5H9N5O3PS+. The minimum absolute atomic E-state index is 0.309. The summed E-state index contributed by atoms with van der Waals surface area (Å²) in [6.07, 6.45) is 0. The van der Waals surface area contributed by atoms with Gasteiger partial charge >= 0.3 is 12.6 Å². The number of aromatic nitrogens is 4. The second-order valence-electron chi connectivity index (χ2n) is 2.57. The van der Waals surface area contributed by atoms with Crippen LogP contribution >= 0.6 is 18.9 Å². The molecule has 2 aromatic heterocycles. The molecule has 2 heterocycles. The minimum atomic E-state index is -3.32. The van der Waals surface area contributed by atoms with E-state index in [1.165, 1.54) is 30.1 Å². The summed E-state index contributed by atoms with van der Waals surface area (Å²) in [4.78, 5) is 1.63. The summed E-state index contributed by atoms with van der Waals surface area (Å²) in [6, 6.07) is 0. The maximum absolute atomic E-state index is 12.1. The maximum atomic E-state index is 12.1. The van der Waals surface area contributed by atoms with Gasteiger partial charge in [-0.05, 0) is 0 Å². The van der Waals surface area contributed by atoms with E-state index in [1.54, 1.807) is 5.38 Å². The average Bonchev–Trinajstić information content (AvgIpc) is 2.81. The predicted octanol–water partition coefficient (Wildman–Crippen LogP) is -1.10. The van der Waals surface area contributed by atoms with Crippen molar-refractivity contribution in [1.29, 1.82) is 0 Å². The van der Waals surface area contributed by atoms with Crippen molar-refractivity contribution in [3.8, 4) is 0 Å². The SMILES string of the molecule is COP(=O)(OC)c1csc2n(N)nn[n+]12. The van der Waals surface area contributed by atoms with E-state index in [2.05, 4.69) is 10.4 Å². The molecule has 82 valence electrons. The maximum Gasteiger partial charge on any atom is 0.395 e. The fourth-order valence-electron chi connectivity index (χ4n) is 1.10. The molecule has 0 aliphatic heterocycles. The van der Waals surface area contributed by atoms with E-state index in [4.69, 9.17) is 14.9 Å². The van der Waals surface area contributed by atoms with E-state index in [1.807, 2.05) is 0 Å². The smallest absolute Gasteiger partial charge is 0.307 e. The van der Waals surface area contributed by atoms with Crippen molar-refractivity contribution in [3.63, 3.8) is 0 Å². The van der Waals surface area contributed by atoms with Crippen LogP contribution in [0.25, 0.3) is 4.96 Å². The molecular weight excluding hydrogens is 241 g/mol. The van der Waals surface area contributed by atoms with Gasteiger partial charge in [0.05, 0.1) is 0 Å². The van der Waals surface area contributed by atoms with Crippen LogP contribution in [0.1, 0.15) is 0 Å². The van der Waals surface area contributed by atoms with Gasteiger partial charge in [-0.25, -0.2) is 0 Å². The van der Waals surface area contributed by atoms with Gasteiger partial charge in [-0.2, -0.15) is 0 Å². The minimum Gasteiger partial charge on any atom is -0.307 e. The number of tetrazole rings is 1. The Hall–Kier alpha value is -1.02. The van der Waals surface area contributed by atoms with E-state index in [0.717, 1.165) is 4.79 Å². The number of hydrogen-bond acceptors (Lipinski definition) is 7. The zero-order valence-electron chi connectivity index (χ0n) is 8.02. The lowest BCUT2D eigenvalue weighted by Gasteiger charge is -2.08. The fourth-order valence-corrected chi connectivity index (χ4v) is 3.42. The van der Waals surface area contributed by atoms with Crippen molar-refractivity contribution in [2.75, 3.05) is 20.1 Å². The summed E-state index contributed by atoms with van der Waals surface area (Å²) in [5, 5.41) is 8.92. The third-order valence-electron chi connectivity index (χ3n) is 1.85. The summed E-state index contributed by atoms with van der Waals surface area (Å²) in [6.45, 7) is 0. The lowest BCUT2D eigenvalue weighted by Crippen LogP contribution is -2.39. The number of hydrogen-bond donors (Lipinski definition) is 1. The van der Waals surface area contributed by atoms with Gasteiger partial charge in [0.25, 0.3) is 0 Å². The van der Waals surface area contributed by atoms with Crippen LogP contribution in [0.15, 0.2) is 5.38 Å². The van der Waals surface area contributed by atoms with Crippen LogP contribution in [0, 0.1) is 0 Å². The van der Waals surface area contributed by atoms with E-state index in [9.17, 15) is 4.57 Å². The Balaban J connectivity index is 2.66. The molecule has 0 amide bonds. The summed E-state index contributed by atoms with van der Waals surface area (Å²) < 4.78 is 23.1. The number of rotatable bonds is 3. The van der Waals surface area contributed by atoms with Crippen LogP contribution in [0.4, 0.5) is 0 Å². The number of nitrogens with two attached hydrogens (primary N) is 1. The quantitative estimate of drug-likeness (QED) is 0.422. The van der Waals surface area contributed by atoms with Crippen molar-refractivity contribution < 1.29 is 18.1 Å². The van der Waals surface area contributed by atoms with Crippen molar-refractivity contribution in [3.05, 3.63) is 5.38 Å². The van der Waals surface area contributed by atoms with Gasteiger partial charge in [0, 0.05) is 24.4 Å². The first-order valence-electron chi connectivity index (χ1n) is 3.85. The molecule has 0 aromatic carbocycles. The lowest BCUT2D eigenvalue weighted by molar-refractivity contribution is -0.560. The molecule has 0 saturated heterocycles. The van der Waals surface area contributed by atoms with Crippen molar-refractivity contribution >= 4 is 29.3 Å². The number of fused-ring (bicyclic) bond motifs is 1. The van der Waals surface area contributed by atoms with E-state index >= 15 is 0 Å². The molecule has 0 radical (unpaired) electrons. The van der Waals surface area contributed by atoms with Crippen LogP contribution < -0.4 is 15.8 Å². The molecule has 0 atom stereocenters. The molecule has 8 nitrogen and oxygen atoms in total. The standard InChI is InChI=1S/C5H9N5O3PS/c1-12-14(11,13-2)4-3-15-5-9(4)7-8-10(5)6/h3H,6H2,1-2H3/q+1. The first-order valence-corrected chi connectivity index (χ1v) is 6.27. The Morgan fingerprint density at radius 2 is 2.27 bits per heavy atom. The first-order chi connectivity index (χ1) is 7.12. The molecule has 15 heavy (non-hydrogen) atoms. The van der Waals surface area contributed by atoms with Crippen LogP contribution in [0.3, 0.4) is 0 Å². The van der Waals surface area contributed by atoms with Crippen molar-refractivity contribution in [2.45, 2.75) is 0 Å². The fraction of sp³-hybridized carbons (Fsp3) is 0.400. The van der Waals surface area contributed by atoms with Gasteiger partial charge < -0.3 is 9.05 Å². The van der Waals surface area contributed by atoms with Gasteiger partial charge in [-0.15, -0.1) is 0 Å². The highest BCUT2D eigenvalue weighted by molar-refractivity contribution is 7.62. The van der Waals surface area contributed by atoms with Crippen molar-refractivity contribution in [2.24, 2.45) is 0 Å². The molecule has 10 heteroatoms. The zero-order chi connectivity index (χ0) is 11.1. The molecule has 2 N–H and O–H groups in total. The van der Waals surface area contributed by atoms with Gasteiger partial charge in [0.15, 0.2) is 5.21 Å². The molecule has 2 aromatic rings. The topological polar surface area (TPSA) is 96.4 Å². The normalized spacial score (nSPS) is 12.4. The second kappa shape index (κ2) is 3.53. The molecule has 0 fully saturated rings. The highest BCUT2D eigenvalue weighted by Crippen LogP contribution is 2.44. The molecule has 0 aliphatic carbocycles. The Bertz CT molecular complexity index is 528. The van der Waals surface area contributed by atoms with Crippen LogP contribution in [0.2, 0.25) is 0 Å². The third-order valence-corrected chi connectivity index (χ3v) is 4.78. The van der Waals surface area contributed by atoms with Crippen LogP contribution in [0.5, 0.6) is 0 Å². The Morgan fingerprint density at radius 3 is 2.87 bits per heavy atom. The molecule has 0 bridgehead atoms. The summed E-state index contributed by atoms with van der Waals surface area (Å²) in [5.41, 5.74) is 0.309. The number of thiazole rings is 1. The van der Waals surface area contributed by atoms with Gasteiger partial charge in [-0.3, -0.25) is 10.4 Å². The molecule has 0 saturated carbocycles. The molecule has 2 rings (SSSR count). The van der Waals surface area contributed by atoms with E-state index < -0.39 is 7.60 Å². The molecule has 0 aliphatic rings. The third kappa shape index (κ3) is 1.44. The summed E-state index contributed by atoms with van der Waals surface area (Å²) in [7, 11) is -0.702. The largest absolute Gasteiger partial charge is 0.395 e. The number of nitrogen functional groups attached to an aromatic ring is 1.